The third-order valence-corrected chi connectivity index (χ3v) is 5.25. The maximum Gasteiger partial charge on any atom is 0.244 e. The number of likely N-dealkylation sites (tertiary alicyclic amines) is 1. The Balaban J connectivity index is 1.55. The zero-order chi connectivity index (χ0) is 15.1. The second-order valence-corrected chi connectivity index (χ2v) is 6.81. The minimum Gasteiger partial charge on any atom is -0.493 e. The van der Waals surface area contributed by atoms with Crippen molar-refractivity contribution < 1.29 is 9.53 Å². The minimum absolute atomic E-state index is 0.0944. The van der Waals surface area contributed by atoms with Crippen molar-refractivity contribution in [2.24, 2.45) is 5.92 Å². The number of hydrogen-bond donors (Lipinski definition) is 0. The van der Waals surface area contributed by atoms with Crippen LogP contribution in [0.1, 0.15) is 31.2 Å². The van der Waals surface area contributed by atoms with E-state index in [2.05, 4.69) is 11.0 Å². The normalized spacial score (nSPS) is 22.2. The second-order valence-electron chi connectivity index (χ2n) is 6.81. The molecule has 1 aliphatic carbocycles. The predicted octanol–water partition coefficient (Wildman–Crippen LogP) is 2.46. The number of nitrogens with zero attached hydrogens (tertiary/aromatic N) is 2. The molecule has 1 atom stereocenters. The summed E-state index contributed by atoms with van der Waals surface area (Å²) in [5, 5.41) is 0. The molecule has 1 saturated carbocycles. The Morgan fingerprint density at radius 2 is 2.09 bits per heavy atom. The fourth-order valence-corrected chi connectivity index (χ4v) is 3.79. The molecule has 0 N–H and O–H groups in total. The number of amides is 1. The SMILES string of the molecule is CN(C(=O)[C@H](C1CC1)N1CCCC1)c1ccc2c(c1)CCO2. The van der Waals surface area contributed by atoms with E-state index in [4.69, 9.17) is 4.74 Å². The number of fused-ring (bicyclic) bond motifs is 1. The van der Waals surface area contributed by atoms with Gasteiger partial charge in [-0.1, -0.05) is 0 Å². The van der Waals surface area contributed by atoms with Crippen LogP contribution in [0.4, 0.5) is 5.69 Å². The average molecular weight is 300 g/mol. The van der Waals surface area contributed by atoms with Crippen LogP contribution < -0.4 is 9.64 Å². The average Bonchev–Trinajstić information content (AvgIpc) is 3.03. The third-order valence-electron chi connectivity index (χ3n) is 5.25. The molecule has 2 fully saturated rings. The lowest BCUT2D eigenvalue weighted by atomic mass is 10.1. The van der Waals surface area contributed by atoms with Crippen LogP contribution in [0.2, 0.25) is 0 Å². The standard InChI is InChI=1S/C18H24N2O2/c1-19(15-6-7-16-14(12-15)8-11-22-16)18(21)17(13-4-5-13)20-9-2-3-10-20/h6-7,12-13,17H,2-5,8-11H2,1H3/t17-/m0/s1. The van der Waals surface area contributed by atoms with Crippen LogP contribution in [0.15, 0.2) is 18.2 Å². The van der Waals surface area contributed by atoms with Crippen molar-refractivity contribution in [1.82, 2.24) is 4.90 Å². The molecule has 1 aromatic carbocycles. The smallest absolute Gasteiger partial charge is 0.244 e. The van der Waals surface area contributed by atoms with Crippen molar-refractivity contribution in [3.63, 3.8) is 0 Å². The zero-order valence-corrected chi connectivity index (χ0v) is 13.3. The van der Waals surface area contributed by atoms with Crippen LogP contribution in [-0.4, -0.2) is 43.6 Å². The van der Waals surface area contributed by atoms with Gasteiger partial charge >= 0.3 is 0 Å². The summed E-state index contributed by atoms with van der Waals surface area (Å²) >= 11 is 0. The van der Waals surface area contributed by atoms with Gasteiger partial charge in [-0.05, 0) is 68.5 Å². The van der Waals surface area contributed by atoms with Crippen molar-refractivity contribution in [2.45, 2.75) is 38.1 Å². The lowest BCUT2D eigenvalue weighted by molar-refractivity contribution is -0.123. The van der Waals surface area contributed by atoms with E-state index in [1.54, 1.807) is 0 Å². The van der Waals surface area contributed by atoms with Crippen molar-refractivity contribution >= 4 is 11.6 Å². The summed E-state index contributed by atoms with van der Waals surface area (Å²) in [7, 11) is 1.92. The van der Waals surface area contributed by atoms with E-state index in [1.807, 2.05) is 24.1 Å². The molecule has 2 heterocycles. The molecule has 1 amide bonds. The van der Waals surface area contributed by atoms with Gasteiger partial charge in [0.05, 0.1) is 12.6 Å². The third kappa shape index (κ3) is 2.50. The van der Waals surface area contributed by atoms with Gasteiger partial charge in [-0.25, -0.2) is 0 Å². The largest absolute Gasteiger partial charge is 0.493 e. The topological polar surface area (TPSA) is 32.8 Å². The Labute approximate surface area is 132 Å². The number of hydrogen-bond acceptors (Lipinski definition) is 3. The summed E-state index contributed by atoms with van der Waals surface area (Å²) in [5.41, 5.74) is 2.22. The first kappa shape index (κ1) is 14.1. The number of rotatable bonds is 4. The Morgan fingerprint density at radius 3 is 2.82 bits per heavy atom. The highest BCUT2D eigenvalue weighted by Crippen LogP contribution is 2.38. The van der Waals surface area contributed by atoms with E-state index in [-0.39, 0.29) is 11.9 Å². The number of ether oxygens (including phenoxy) is 1. The molecule has 1 aromatic rings. The molecular formula is C18H24N2O2. The lowest BCUT2D eigenvalue weighted by Crippen LogP contribution is -2.48. The first-order valence-corrected chi connectivity index (χ1v) is 8.51. The molecular weight excluding hydrogens is 276 g/mol. The molecule has 0 unspecified atom stereocenters. The molecule has 22 heavy (non-hydrogen) atoms. The number of carbonyl (C=O) groups is 1. The van der Waals surface area contributed by atoms with Gasteiger partial charge in [0, 0.05) is 19.2 Å². The van der Waals surface area contributed by atoms with E-state index in [9.17, 15) is 4.79 Å². The lowest BCUT2D eigenvalue weighted by Gasteiger charge is -2.30. The molecule has 2 aliphatic heterocycles. The van der Waals surface area contributed by atoms with Gasteiger partial charge in [0.25, 0.3) is 0 Å². The van der Waals surface area contributed by atoms with Gasteiger partial charge in [-0.3, -0.25) is 9.69 Å². The zero-order valence-electron chi connectivity index (χ0n) is 13.3. The first-order chi connectivity index (χ1) is 10.7. The Bertz CT molecular complexity index is 576. The second kappa shape index (κ2) is 5.58. The fourth-order valence-electron chi connectivity index (χ4n) is 3.79. The van der Waals surface area contributed by atoms with Crippen molar-refractivity contribution in [1.29, 1.82) is 0 Å². The van der Waals surface area contributed by atoms with Gasteiger partial charge in [0.1, 0.15) is 5.75 Å². The maximum atomic E-state index is 13.1. The Hall–Kier alpha value is -1.55. The molecule has 118 valence electrons. The van der Waals surface area contributed by atoms with Crippen LogP contribution in [0.5, 0.6) is 5.75 Å². The predicted molar refractivity (Wildman–Crippen MR) is 86.4 cm³/mol. The summed E-state index contributed by atoms with van der Waals surface area (Å²) < 4.78 is 5.56. The van der Waals surface area contributed by atoms with Gasteiger partial charge in [-0.15, -0.1) is 0 Å². The van der Waals surface area contributed by atoms with E-state index >= 15 is 0 Å². The maximum absolute atomic E-state index is 13.1. The highest BCUT2D eigenvalue weighted by Gasteiger charge is 2.42. The highest BCUT2D eigenvalue weighted by molar-refractivity contribution is 5.97. The molecule has 0 radical (unpaired) electrons. The number of likely N-dealkylation sites (N-methyl/N-ethyl adjacent to an activating group) is 1. The molecule has 0 aromatic heterocycles. The molecule has 0 bridgehead atoms. The van der Waals surface area contributed by atoms with Crippen LogP contribution >= 0.6 is 0 Å². The summed E-state index contributed by atoms with van der Waals surface area (Å²) in [6.45, 7) is 2.92. The fraction of sp³-hybridized carbons (Fsp3) is 0.611. The summed E-state index contributed by atoms with van der Waals surface area (Å²) in [6, 6.07) is 6.23. The van der Waals surface area contributed by atoms with Gasteiger partial charge in [0.2, 0.25) is 5.91 Å². The number of carbonyl (C=O) groups excluding carboxylic acids is 1. The summed E-state index contributed by atoms with van der Waals surface area (Å²) in [4.78, 5) is 17.3. The summed E-state index contributed by atoms with van der Waals surface area (Å²) in [5.74, 6) is 1.82. The van der Waals surface area contributed by atoms with Gasteiger partial charge < -0.3 is 9.64 Å². The number of anilines is 1. The van der Waals surface area contributed by atoms with Crippen molar-refractivity contribution in [2.75, 3.05) is 31.6 Å². The van der Waals surface area contributed by atoms with E-state index in [0.717, 1.165) is 37.6 Å². The molecule has 4 heteroatoms. The number of benzene rings is 1. The summed E-state index contributed by atoms with van der Waals surface area (Å²) in [6.07, 6.45) is 5.83. The van der Waals surface area contributed by atoms with Crippen LogP contribution in [-0.2, 0) is 11.2 Å². The van der Waals surface area contributed by atoms with E-state index in [0.29, 0.717) is 5.92 Å². The molecule has 4 rings (SSSR count). The van der Waals surface area contributed by atoms with Crippen LogP contribution in [0.25, 0.3) is 0 Å². The van der Waals surface area contributed by atoms with Gasteiger partial charge in [-0.2, -0.15) is 0 Å². The Morgan fingerprint density at radius 1 is 1.32 bits per heavy atom. The van der Waals surface area contributed by atoms with Crippen molar-refractivity contribution in [3.05, 3.63) is 23.8 Å². The molecule has 3 aliphatic rings. The van der Waals surface area contributed by atoms with Crippen LogP contribution in [0, 0.1) is 5.92 Å². The first-order valence-electron chi connectivity index (χ1n) is 8.51. The molecule has 1 saturated heterocycles. The molecule has 4 nitrogen and oxygen atoms in total. The minimum atomic E-state index is 0.0944. The van der Waals surface area contributed by atoms with Crippen LogP contribution in [0.3, 0.4) is 0 Å². The monoisotopic (exact) mass is 300 g/mol. The molecule has 0 spiro atoms. The van der Waals surface area contributed by atoms with E-state index < -0.39 is 0 Å². The Kier molecular flexibility index (Phi) is 3.57. The highest BCUT2D eigenvalue weighted by atomic mass is 16.5. The van der Waals surface area contributed by atoms with E-state index in [1.165, 1.54) is 31.2 Å². The van der Waals surface area contributed by atoms with Gasteiger partial charge in [0.15, 0.2) is 0 Å². The quantitative estimate of drug-likeness (QED) is 0.856. The van der Waals surface area contributed by atoms with Crippen molar-refractivity contribution in [3.8, 4) is 5.75 Å².